The van der Waals surface area contributed by atoms with Crippen LogP contribution in [0.3, 0.4) is 0 Å². The van der Waals surface area contributed by atoms with Gasteiger partial charge in [-0.1, -0.05) is 5.16 Å². The third-order valence-electron chi connectivity index (χ3n) is 4.81. The fraction of sp³-hybridized carbons (Fsp3) is 0.529. The second-order valence-electron chi connectivity index (χ2n) is 6.73. The van der Waals surface area contributed by atoms with Crippen molar-refractivity contribution in [3.63, 3.8) is 0 Å². The van der Waals surface area contributed by atoms with Crippen molar-refractivity contribution in [1.29, 1.82) is 0 Å². The Hall–Kier alpha value is -2.44. The number of aromatic nitrogens is 2. The molecule has 1 aliphatic heterocycles. The molecule has 2 aromatic heterocycles. The van der Waals surface area contributed by atoms with E-state index in [1.165, 1.54) is 0 Å². The number of anilines is 1. The highest BCUT2D eigenvalue weighted by Gasteiger charge is 2.36. The van der Waals surface area contributed by atoms with Crippen LogP contribution in [0.4, 0.5) is 5.69 Å². The van der Waals surface area contributed by atoms with Crippen molar-refractivity contribution in [3.05, 3.63) is 18.0 Å². The molecule has 0 unspecified atom stereocenters. The lowest BCUT2D eigenvalue weighted by Crippen LogP contribution is -2.44. The number of fused-ring (bicyclic) bond motifs is 1. The first-order valence-corrected chi connectivity index (χ1v) is 8.43. The zero-order chi connectivity index (χ0) is 16.7. The van der Waals surface area contributed by atoms with Gasteiger partial charge in [-0.05, 0) is 38.7 Å². The first-order chi connectivity index (χ1) is 11.6. The molecule has 0 radical (unpaired) electrons. The smallest absolute Gasteiger partial charge is 0.258 e. The van der Waals surface area contributed by atoms with Crippen molar-refractivity contribution >= 4 is 28.6 Å². The SMILES string of the molecule is Cc1noc2ncc(NC(=O)[C@@H]3CCCN(C(=O)C4CC4)C3)cc12. The largest absolute Gasteiger partial charge is 0.342 e. The van der Waals surface area contributed by atoms with Gasteiger partial charge in [-0.15, -0.1) is 0 Å². The zero-order valence-electron chi connectivity index (χ0n) is 13.6. The number of rotatable bonds is 3. The molecule has 1 saturated heterocycles. The molecule has 24 heavy (non-hydrogen) atoms. The maximum atomic E-state index is 12.6. The van der Waals surface area contributed by atoms with E-state index >= 15 is 0 Å². The molecule has 1 atom stereocenters. The molecule has 7 heteroatoms. The molecule has 0 bridgehead atoms. The summed E-state index contributed by atoms with van der Waals surface area (Å²) in [6, 6.07) is 1.82. The number of carbonyl (C=O) groups excluding carboxylic acids is 2. The first-order valence-electron chi connectivity index (χ1n) is 8.43. The third kappa shape index (κ3) is 2.86. The summed E-state index contributed by atoms with van der Waals surface area (Å²) in [7, 11) is 0. The van der Waals surface area contributed by atoms with Crippen molar-refractivity contribution in [2.24, 2.45) is 11.8 Å². The first kappa shape index (κ1) is 15.1. The average molecular weight is 328 g/mol. The number of hydrogen-bond acceptors (Lipinski definition) is 5. The van der Waals surface area contributed by atoms with E-state index < -0.39 is 0 Å². The topological polar surface area (TPSA) is 88.3 Å². The standard InChI is InChI=1S/C17H20N4O3/c1-10-14-7-13(8-18-16(14)24-20-10)19-15(22)12-3-2-6-21(9-12)17(23)11-4-5-11/h7-8,11-12H,2-6,9H2,1H3,(H,19,22)/t12-/m1/s1. The highest BCUT2D eigenvalue weighted by atomic mass is 16.5. The van der Waals surface area contributed by atoms with E-state index in [2.05, 4.69) is 15.5 Å². The Bertz CT molecular complexity index is 796. The van der Waals surface area contributed by atoms with E-state index in [0.29, 0.717) is 17.9 Å². The van der Waals surface area contributed by atoms with Gasteiger partial charge >= 0.3 is 0 Å². The fourth-order valence-corrected chi connectivity index (χ4v) is 3.24. The molecule has 1 aliphatic carbocycles. The number of aryl methyl sites for hydroxylation is 1. The van der Waals surface area contributed by atoms with Gasteiger partial charge in [-0.3, -0.25) is 9.59 Å². The molecule has 126 valence electrons. The van der Waals surface area contributed by atoms with Gasteiger partial charge < -0.3 is 14.7 Å². The number of nitrogens with zero attached hydrogens (tertiary/aromatic N) is 3. The monoisotopic (exact) mass is 328 g/mol. The lowest BCUT2D eigenvalue weighted by atomic mass is 9.96. The van der Waals surface area contributed by atoms with Crippen molar-refractivity contribution in [2.75, 3.05) is 18.4 Å². The summed E-state index contributed by atoms with van der Waals surface area (Å²) in [4.78, 5) is 30.8. The summed E-state index contributed by atoms with van der Waals surface area (Å²) < 4.78 is 5.08. The van der Waals surface area contributed by atoms with Crippen LogP contribution in [-0.4, -0.2) is 39.9 Å². The van der Waals surface area contributed by atoms with Crippen molar-refractivity contribution < 1.29 is 14.1 Å². The Labute approximate surface area is 139 Å². The normalized spacial score (nSPS) is 21.0. The van der Waals surface area contributed by atoms with E-state index in [9.17, 15) is 9.59 Å². The molecule has 2 fully saturated rings. The van der Waals surface area contributed by atoms with Gasteiger partial charge in [0.05, 0.1) is 28.9 Å². The van der Waals surface area contributed by atoms with Crippen LogP contribution in [0.5, 0.6) is 0 Å². The molecule has 3 heterocycles. The number of carbonyl (C=O) groups is 2. The molecule has 1 saturated carbocycles. The van der Waals surface area contributed by atoms with Gasteiger partial charge in [0.1, 0.15) is 0 Å². The summed E-state index contributed by atoms with van der Waals surface area (Å²) in [5.74, 6) is 0.199. The van der Waals surface area contributed by atoms with Gasteiger partial charge in [0.15, 0.2) is 0 Å². The molecular formula is C17H20N4O3. The van der Waals surface area contributed by atoms with Gasteiger partial charge in [-0.2, -0.15) is 0 Å². The maximum absolute atomic E-state index is 12.6. The second-order valence-corrected chi connectivity index (χ2v) is 6.73. The maximum Gasteiger partial charge on any atom is 0.258 e. The molecule has 0 aromatic carbocycles. The highest BCUT2D eigenvalue weighted by Crippen LogP contribution is 2.32. The fourth-order valence-electron chi connectivity index (χ4n) is 3.24. The number of likely N-dealkylation sites (tertiary alicyclic amines) is 1. The van der Waals surface area contributed by atoms with Gasteiger partial charge in [0.2, 0.25) is 11.8 Å². The van der Waals surface area contributed by atoms with Crippen LogP contribution in [0.2, 0.25) is 0 Å². The van der Waals surface area contributed by atoms with Crippen LogP contribution in [0.1, 0.15) is 31.4 Å². The summed E-state index contributed by atoms with van der Waals surface area (Å²) in [5.41, 5.74) is 1.83. The Morgan fingerprint density at radius 3 is 2.92 bits per heavy atom. The van der Waals surface area contributed by atoms with Crippen LogP contribution >= 0.6 is 0 Å². The number of nitrogens with one attached hydrogen (secondary N) is 1. The van der Waals surface area contributed by atoms with E-state index in [-0.39, 0.29) is 23.7 Å². The summed E-state index contributed by atoms with van der Waals surface area (Å²) >= 11 is 0. The number of pyridine rings is 1. The zero-order valence-corrected chi connectivity index (χ0v) is 13.6. The number of amides is 2. The molecule has 1 N–H and O–H groups in total. The quantitative estimate of drug-likeness (QED) is 0.932. The van der Waals surface area contributed by atoms with Gasteiger partial charge in [-0.25, -0.2) is 4.98 Å². The van der Waals surface area contributed by atoms with Gasteiger partial charge in [0.25, 0.3) is 5.71 Å². The predicted molar refractivity (Wildman–Crippen MR) is 87.2 cm³/mol. The average Bonchev–Trinajstić information content (AvgIpc) is 3.39. The van der Waals surface area contributed by atoms with E-state index in [1.807, 2.05) is 17.9 Å². The minimum absolute atomic E-state index is 0.0569. The van der Waals surface area contributed by atoms with Crippen molar-refractivity contribution in [3.8, 4) is 0 Å². The van der Waals surface area contributed by atoms with Crippen LogP contribution in [0, 0.1) is 18.8 Å². The van der Waals surface area contributed by atoms with E-state index in [0.717, 1.165) is 43.3 Å². The molecule has 4 rings (SSSR count). The molecule has 0 spiro atoms. The summed E-state index contributed by atoms with van der Waals surface area (Å²) in [6.45, 7) is 3.12. The Morgan fingerprint density at radius 1 is 1.29 bits per heavy atom. The minimum atomic E-state index is -0.166. The lowest BCUT2D eigenvalue weighted by molar-refractivity contribution is -0.135. The second kappa shape index (κ2) is 5.89. The third-order valence-corrected chi connectivity index (χ3v) is 4.81. The molecule has 2 aliphatic rings. The molecule has 2 amide bonds. The van der Waals surface area contributed by atoms with Crippen LogP contribution in [0.25, 0.3) is 11.1 Å². The summed E-state index contributed by atoms with van der Waals surface area (Å²) in [5, 5.41) is 7.57. The Morgan fingerprint density at radius 2 is 2.12 bits per heavy atom. The van der Waals surface area contributed by atoms with Crippen molar-refractivity contribution in [2.45, 2.75) is 32.6 Å². The highest BCUT2D eigenvalue weighted by molar-refractivity contribution is 5.95. The van der Waals surface area contributed by atoms with Crippen molar-refractivity contribution in [1.82, 2.24) is 15.0 Å². The van der Waals surface area contributed by atoms with Crippen LogP contribution in [-0.2, 0) is 9.59 Å². The minimum Gasteiger partial charge on any atom is -0.342 e. The molecule has 7 nitrogen and oxygen atoms in total. The van der Waals surface area contributed by atoms with Crippen LogP contribution in [0.15, 0.2) is 16.8 Å². The number of piperidine rings is 1. The molecule has 2 aromatic rings. The molecular weight excluding hydrogens is 308 g/mol. The Balaban J connectivity index is 1.44. The van der Waals surface area contributed by atoms with E-state index in [4.69, 9.17) is 4.52 Å². The van der Waals surface area contributed by atoms with Crippen LogP contribution < -0.4 is 5.32 Å². The summed E-state index contributed by atoms with van der Waals surface area (Å²) in [6.07, 6.45) is 5.24. The van der Waals surface area contributed by atoms with E-state index in [1.54, 1.807) is 6.20 Å². The number of hydrogen-bond donors (Lipinski definition) is 1. The lowest BCUT2D eigenvalue weighted by Gasteiger charge is -2.32. The van der Waals surface area contributed by atoms with Gasteiger partial charge in [0, 0.05) is 19.0 Å². The predicted octanol–water partition coefficient (Wildman–Crippen LogP) is 2.12. The Kier molecular flexibility index (Phi) is 3.70.